The Labute approximate surface area is 110 Å². The summed E-state index contributed by atoms with van der Waals surface area (Å²) in [6, 6.07) is 10.8. The van der Waals surface area contributed by atoms with Crippen LogP contribution >= 0.6 is 15.9 Å². The lowest BCUT2D eigenvalue weighted by Gasteiger charge is -2.28. The van der Waals surface area contributed by atoms with Crippen LogP contribution in [0.15, 0.2) is 28.7 Å². The van der Waals surface area contributed by atoms with Crippen molar-refractivity contribution in [3.63, 3.8) is 0 Å². The maximum absolute atomic E-state index is 9.52. The van der Waals surface area contributed by atoms with Crippen molar-refractivity contribution < 1.29 is 4.74 Å². The predicted molar refractivity (Wildman–Crippen MR) is 68.4 cm³/mol. The Kier molecular flexibility index (Phi) is 2.72. The quantitative estimate of drug-likeness (QED) is 0.836. The van der Waals surface area contributed by atoms with Gasteiger partial charge in [-0.25, -0.2) is 0 Å². The van der Waals surface area contributed by atoms with Crippen LogP contribution < -0.4 is 0 Å². The second-order valence-corrected chi connectivity index (χ2v) is 6.02. The first-order valence-corrected chi connectivity index (χ1v) is 6.82. The second kappa shape index (κ2) is 4.12. The number of nitrogens with zero attached hydrogens (tertiary/aromatic N) is 1. The zero-order valence-corrected chi connectivity index (χ0v) is 11.1. The SMILES string of the molecule is N#CC1(Cc2ccc(Br)cc2)CC2CCC1O2. The van der Waals surface area contributed by atoms with E-state index in [9.17, 15) is 5.26 Å². The zero-order chi connectivity index (χ0) is 11.9. The fourth-order valence-electron chi connectivity index (χ4n) is 3.11. The van der Waals surface area contributed by atoms with Gasteiger partial charge in [0.1, 0.15) is 0 Å². The van der Waals surface area contributed by atoms with E-state index in [4.69, 9.17) is 4.74 Å². The van der Waals surface area contributed by atoms with Crippen molar-refractivity contribution in [3.8, 4) is 6.07 Å². The highest BCUT2D eigenvalue weighted by molar-refractivity contribution is 9.10. The number of halogens is 1. The van der Waals surface area contributed by atoms with Gasteiger partial charge in [0.05, 0.1) is 23.7 Å². The topological polar surface area (TPSA) is 33.0 Å². The molecule has 2 nitrogen and oxygen atoms in total. The van der Waals surface area contributed by atoms with E-state index in [0.29, 0.717) is 6.10 Å². The first kappa shape index (κ1) is 11.3. The monoisotopic (exact) mass is 291 g/mol. The van der Waals surface area contributed by atoms with Crippen LogP contribution in [0.25, 0.3) is 0 Å². The summed E-state index contributed by atoms with van der Waals surface area (Å²) in [6.07, 6.45) is 4.39. The Bertz CT molecular complexity index is 464. The van der Waals surface area contributed by atoms with Gasteiger partial charge in [0.2, 0.25) is 0 Å². The molecule has 0 saturated carbocycles. The van der Waals surface area contributed by atoms with E-state index < -0.39 is 0 Å². The highest BCUT2D eigenvalue weighted by Gasteiger charge is 2.52. The third-order valence-corrected chi connectivity index (χ3v) is 4.50. The van der Waals surface area contributed by atoms with Crippen LogP contribution in [-0.4, -0.2) is 12.2 Å². The van der Waals surface area contributed by atoms with E-state index >= 15 is 0 Å². The number of hydrogen-bond acceptors (Lipinski definition) is 2. The average molecular weight is 292 g/mol. The molecule has 88 valence electrons. The van der Waals surface area contributed by atoms with Gasteiger partial charge in [0.25, 0.3) is 0 Å². The standard InChI is InChI=1S/C14H14BrNO/c15-11-3-1-10(2-4-11)7-14(9-16)8-12-5-6-13(14)17-12/h1-4,12-13H,5-8H2. The molecule has 1 aromatic rings. The molecule has 2 fully saturated rings. The molecule has 3 unspecified atom stereocenters. The van der Waals surface area contributed by atoms with Gasteiger partial charge in [-0.15, -0.1) is 0 Å². The molecule has 0 amide bonds. The van der Waals surface area contributed by atoms with Crippen molar-refractivity contribution >= 4 is 15.9 Å². The largest absolute Gasteiger partial charge is 0.373 e. The first-order chi connectivity index (χ1) is 8.22. The van der Waals surface area contributed by atoms with Gasteiger partial charge >= 0.3 is 0 Å². The number of hydrogen-bond donors (Lipinski definition) is 0. The van der Waals surface area contributed by atoms with Crippen LogP contribution in [0.4, 0.5) is 0 Å². The third-order valence-electron chi connectivity index (χ3n) is 3.97. The minimum atomic E-state index is -0.281. The van der Waals surface area contributed by atoms with Crippen molar-refractivity contribution in [1.29, 1.82) is 5.26 Å². The molecule has 0 N–H and O–H groups in total. The summed E-state index contributed by atoms with van der Waals surface area (Å²) in [6.45, 7) is 0. The molecular formula is C14H14BrNO. The number of rotatable bonds is 2. The molecule has 2 saturated heterocycles. The average Bonchev–Trinajstić information content (AvgIpc) is 2.93. The van der Waals surface area contributed by atoms with Crippen LogP contribution in [0.2, 0.25) is 0 Å². The minimum Gasteiger partial charge on any atom is -0.373 e. The van der Waals surface area contributed by atoms with Gasteiger partial charge in [0.15, 0.2) is 0 Å². The van der Waals surface area contributed by atoms with Gasteiger partial charge in [0, 0.05) is 4.47 Å². The molecule has 2 aliphatic heterocycles. The minimum absolute atomic E-state index is 0.154. The molecule has 3 heteroatoms. The number of fused-ring (bicyclic) bond motifs is 2. The maximum Gasteiger partial charge on any atom is 0.0899 e. The summed E-state index contributed by atoms with van der Waals surface area (Å²) in [5, 5.41) is 9.52. The van der Waals surface area contributed by atoms with Crippen LogP contribution in [-0.2, 0) is 11.2 Å². The Balaban J connectivity index is 1.84. The van der Waals surface area contributed by atoms with Crippen LogP contribution in [0.5, 0.6) is 0 Å². The normalized spacial score (nSPS) is 34.8. The summed E-state index contributed by atoms with van der Waals surface area (Å²) in [5.41, 5.74) is 0.947. The fraction of sp³-hybridized carbons (Fsp3) is 0.500. The molecule has 2 bridgehead atoms. The zero-order valence-electron chi connectivity index (χ0n) is 9.53. The highest BCUT2D eigenvalue weighted by atomic mass is 79.9. The molecule has 2 heterocycles. The second-order valence-electron chi connectivity index (χ2n) is 5.10. The summed E-state index contributed by atoms with van der Waals surface area (Å²) >= 11 is 3.43. The van der Waals surface area contributed by atoms with E-state index in [1.54, 1.807) is 0 Å². The summed E-state index contributed by atoms with van der Waals surface area (Å²) in [4.78, 5) is 0. The van der Waals surface area contributed by atoms with Crippen molar-refractivity contribution in [2.75, 3.05) is 0 Å². The number of ether oxygens (including phenoxy) is 1. The Morgan fingerprint density at radius 2 is 2.12 bits per heavy atom. The van der Waals surface area contributed by atoms with E-state index in [1.807, 2.05) is 12.1 Å². The van der Waals surface area contributed by atoms with Crippen LogP contribution in [0.1, 0.15) is 24.8 Å². The van der Waals surface area contributed by atoms with Crippen LogP contribution in [0.3, 0.4) is 0 Å². The molecule has 17 heavy (non-hydrogen) atoms. The van der Waals surface area contributed by atoms with Gasteiger partial charge in [-0.2, -0.15) is 5.26 Å². The van der Waals surface area contributed by atoms with Crippen molar-refractivity contribution in [3.05, 3.63) is 34.3 Å². The molecule has 0 aromatic heterocycles. The van der Waals surface area contributed by atoms with Crippen molar-refractivity contribution in [2.45, 2.75) is 37.9 Å². The molecule has 3 atom stereocenters. The third kappa shape index (κ3) is 1.90. The van der Waals surface area contributed by atoms with Gasteiger partial charge in [-0.3, -0.25) is 0 Å². The Morgan fingerprint density at radius 1 is 1.35 bits per heavy atom. The van der Waals surface area contributed by atoms with Gasteiger partial charge in [-0.05, 0) is 43.4 Å². The van der Waals surface area contributed by atoms with Crippen molar-refractivity contribution in [2.24, 2.45) is 5.41 Å². The van der Waals surface area contributed by atoms with E-state index in [1.165, 1.54) is 5.56 Å². The van der Waals surface area contributed by atoms with Gasteiger partial charge in [-0.1, -0.05) is 28.1 Å². The molecule has 3 rings (SSSR count). The first-order valence-electron chi connectivity index (χ1n) is 6.03. The van der Waals surface area contributed by atoms with E-state index in [-0.39, 0.29) is 11.5 Å². The van der Waals surface area contributed by atoms with Crippen molar-refractivity contribution in [1.82, 2.24) is 0 Å². The summed E-state index contributed by atoms with van der Waals surface area (Å²) in [5.74, 6) is 0. The predicted octanol–water partition coefficient (Wildman–Crippen LogP) is 3.45. The smallest absolute Gasteiger partial charge is 0.0899 e. The van der Waals surface area contributed by atoms with Crippen LogP contribution in [0, 0.1) is 16.7 Å². The summed E-state index contributed by atoms with van der Waals surface area (Å²) in [7, 11) is 0. The maximum atomic E-state index is 9.52. The van der Waals surface area contributed by atoms with Gasteiger partial charge < -0.3 is 4.74 Å². The molecule has 0 spiro atoms. The molecule has 2 aliphatic rings. The lowest BCUT2D eigenvalue weighted by atomic mass is 9.71. The van der Waals surface area contributed by atoms with E-state index in [0.717, 1.165) is 30.2 Å². The summed E-state index contributed by atoms with van der Waals surface area (Å²) < 4.78 is 6.92. The Hall–Kier alpha value is -0.850. The lowest BCUT2D eigenvalue weighted by Crippen LogP contribution is -2.33. The fourth-order valence-corrected chi connectivity index (χ4v) is 3.37. The molecule has 0 radical (unpaired) electrons. The molecular weight excluding hydrogens is 278 g/mol. The highest BCUT2D eigenvalue weighted by Crippen LogP contribution is 2.49. The molecule has 1 aromatic carbocycles. The lowest BCUT2D eigenvalue weighted by molar-refractivity contribution is 0.0787. The number of nitriles is 1. The Morgan fingerprint density at radius 3 is 2.65 bits per heavy atom. The number of benzene rings is 1. The molecule has 0 aliphatic carbocycles. The van der Waals surface area contributed by atoms with E-state index in [2.05, 4.69) is 34.1 Å².